The molecular weight excluding hydrogens is 380 g/mol. The smallest absolute Gasteiger partial charge is 0.189 e. The number of benzene rings is 3. The van der Waals surface area contributed by atoms with Crippen molar-refractivity contribution in [2.24, 2.45) is 0 Å². The molecule has 30 heavy (non-hydrogen) atoms. The van der Waals surface area contributed by atoms with Gasteiger partial charge in [0.05, 0.1) is 12.7 Å². The minimum atomic E-state index is -0.364. The zero-order valence-corrected chi connectivity index (χ0v) is 17.2. The third kappa shape index (κ3) is 5.00. The number of aromatic hydroxyl groups is 2. The summed E-state index contributed by atoms with van der Waals surface area (Å²) in [5.74, 6) is 0.783. The van der Waals surface area contributed by atoms with E-state index in [0.29, 0.717) is 12.4 Å². The Labute approximate surface area is 175 Å². The Hall–Kier alpha value is -3.73. The lowest BCUT2D eigenvalue weighted by Crippen LogP contribution is -2.01. The molecule has 0 saturated heterocycles. The molecule has 3 rings (SSSR count). The van der Waals surface area contributed by atoms with Gasteiger partial charge in [-0.3, -0.25) is 4.79 Å². The molecule has 5 nitrogen and oxygen atoms in total. The molecule has 2 N–H and O–H groups in total. The Morgan fingerprint density at radius 2 is 1.77 bits per heavy atom. The third-order valence-corrected chi connectivity index (χ3v) is 4.71. The topological polar surface area (TPSA) is 76.0 Å². The molecule has 0 atom stereocenters. The number of carbonyl (C=O) groups is 1. The molecule has 0 amide bonds. The summed E-state index contributed by atoms with van der Waals surface area (Å²) in [5.41, 5.74) is 3.93. The van der Waals surface area contributed by atoms with Crippen LogP contribution in [0.4, 0.5) is 0 Å². The van der Waals surface area contributed by atoms with Crippen molar-refractivity contribution in [3.63, 3.8) is 0 Å². The molecule has 3 aromatic rings. The standard InChI is InChI=1S/C25H24O5/c1-16-4-5-17(2)25(12-16)30-15-19-13-18(7-11-24(19)29-3)6-10-22(27)21-9-8-20(26)14-23(21)28/h4-14,26,28H,15H2,1-3H3/b10-6+. The SMILES string of the molecule is COc1ccc(/C=C/C(=O)c2ccc(O)cc2O)cc1COc1cc(C)ccc1C. The Kier molecular flexibility index (Phi) is 6.42. The first-order valence-corrected chi connectivity index (χ1v) is 9.48. The molecule has 0 aliphatic carbocycles. The lowest BCUT2D eigenvalue weighted by molar-refractivity contribution is 0.104. The number of phenols is 2. The van der Waals surface area contributed by atoms with E-state index in [0.717, 1.165) is 34.1 Å². The average molecular weight is 404 g/mol. The second kappa shape index (κ2) is 9.18. The molecule has 0 aliphatic heterocycles. The first-order chi connectivity index (χ1) is 14.4. The molecule has 0 saturated carbocycles. The normalized spacial score (nSPS) is 10.9. The summed E-state index contributed by atoms with van der Waals surface area (Å²) in [5, 5.41) is 19.2. The van der Waals surface area contributed by atoms with Crippen molar-refractivity contribution in [2.75, 3.05) is 7.11 Å². The largest absolute Gasteiger partial charge is 0.508 e. The lowest BCUT2D eigenvalue weighted by Gasteiger charge is -2.13. The lowest BCUT2D eigenvalue weighted by atomic mass is 10.1. The second-order valence-corrected chi connectivity index (χ2v) is 7.03. The Balaban J connectivity index is 1.79. The highest BCUT2D eigenvalue weighted by Gasteiger charge is 2.10. The Bertz CT molecular complexity index is 1100. The highest BCUT2D eigenvalue weighted by molar-refractivity contribution is 6.08. The molecule has 0 spiro atoms. The number of hydrogen-bond donors (Lipinski definition) is 2. The van der Waals surface area contributed by atoms with Crippen LogP contribution in [-0.2, 0) is 6.61 Å². The van der Waals surface area contributed by atoms with Gasteiger partial charge in [-0.05, 0) is 66.9 Å². The summed E-state index contributed by atoms with van der Waals surface area (Å²) in [6.07, 6.45) is 3.04. The number of carbonyl (C=O) groups excluding carboxylic acids is 1. The molecule has 3 aromatic carbocycles. The summed E-state index contributed by atoms with van der Waals surface area (Å²) in [6, 6.07) is 15.5. The zero-order chi connectivity index (χ0) is 21.7. The predicted molar refractivity (Wildman–Crippen MR) is 116 cm³/mol. The van der Waals surface area contributed by atoms with E-state index in [1.165, 1.54) is 18.2 Å². The van der Waals surface area contributed by atoms with Crippen LogP contribution >= 0.6 is 0 Å². The number of allylic oxidation sites excluding steroid dienone is 1. The summed E-state index contributed by atoms with van der Waals surface area (Å²) < 4.78 is 11.4. The predicted octanol–water partition coefficient (Wildman–Crippen LogP) is 5.20. The molecule has 0 heterocycles. The quantitative estimate of drug-likeness (QED) is 0.418. The van der Waals surface area contributed by atoms with Crippen LogP contribution in [0.2, 0.25) is 0 Å². The van der Waals surface area contributed by atoms with Gasteiger partial charge in [0.15, 0.2) is 5.78 Å². The van der Waals surface area contributed by atoms with Gasteiger partial charge >= 0.3 is 0 Å². The van der Waals surface area contributed by atoms with E-state index in [4.69, 9.17) is 9.47 Å². The minimum Gasteiger partial charge on any atom is -0.508 e. The Morgan fingerprint density at radius 1 is 0.967 bits per heavy atom. The monoisotopic (exact) mass is 404 g/mol. The fourth-order valence-corrected chi connectivity index (χ4v) is 3.02. The van der Waals surface area contributed by atoms with E-state index < -0.39 is 0 Å². The van der Waals surface area contributed by atoms with Gasteiger partial charge < -0.3 is 19.7 Å². The van der Waals surface area contributed by atoms with Crippen LogP contribution < -0.4 is 9.47 Å². The van der Waals surface area contributed by atoms with Crippen LogP contribution in [0.25, 0.3) is 6.08 Å². The van der Waals surface area contributed by atoms with E-state index in [1.54, 1.807) is 13.2 Å². The average Bonchev–Trinajstić information content (AvgIpc) is 2.72. The summed E-state index contributed by atoms with van der Waals surface area (Å²) >= 11 is 0. The van der Waals surface area contributed by atoms with Crippen molar-refractivity contribution >= 4 is 11.9 Å². The minimum absolute atomic E-state index is 0.100. The highest BCUT2D eigenvalue weighted by atomic mass is 16.5. The fourth-order valence-electron chi connectivity index (χ4n) is 3.02. The van der Waals surface area contributed by atoms with Crippen molar-refractivity contribution in [1.29, 1.82) is 0 Å². The van der Waals surface area contributed by atoms with Gasteiger partial charge in [0.2, 0.25) is 0 Å². The number of phenolic OH excluding ortho intramolecular Hbond substituents is 2. The third-order valence-electron chi connectivity index (χ3n) is 4.71. The van der Waals surface area contributed by atoms with Crippen LogP contribution in [0.5, 0.6) is 23.0 Å². The van der Waals surface area contributed by atoms with E-state index in [-0.39, 0.29) is 22.8 Å². The maximum atomic E-state index is 12.4. The maximum absolute atomic E-state index is 12.4. The molecule has 0 radical (unpaired) electrons. The number of hydrogen-bond acceptors (Lipinski definition) is 5. The van der Waals surface area contributed by atoms with Crippen molar-refractivity contribution in [3.8, 4) is 23.0 Å². The van der Waals surface area contributed by atoms with Crippen molar-refractivity contribution in [2.45, 2.75) is 20.5 Å². The van der Waals surface area contributed by atoms with Gasteiger partial charge in [0, 0.05) is 11.6 Å². The maximum Gasteiger partial charge on any atom is 0.189 e. The van der Waals surface area contributed by atoms with Crippen LogP contribution in [0.15, 0.2) is 60.7 Å². The van der Waals surface area contributed by atoms with Gasteiger partial charge in [0.25, 0.3) is 0 Å². The zero-order valence-electron chi connectivity index (χ0n) is 17.2. The molecule has 154 valence electrons. The van der Waals surface area contributed by atoms with Crippen LogP contribution in [0.3, 0.4) is 0 Å². The molecule has 0 bridgehead atoms. The molecule has 0 aliphatic rings. The number of methoxy groups -OCH3 is 1. The molecule has 0 fully saturated rings. The van der Waals surface area contributed by atoms with Crippen molar-refractivity contribution < 1.29 is 24.5 Å². The summed E-state index contributed by atoms with van der Waals surface area (Å²) in [4.78, 5) is 12.4. The van der Waals surface area contributed by atoms with Crippen molar-refractivity contribution in [1.82, 2.24) is 0 Å². The van der Waals surface area contributed by atoms with Gasteiger partial charge in [-0.1, -0.05) is 24.3 Å². The van der Waals surface area contributed by atoms with Gasteiger partial charge in [-0.2, -0.15) is 0 Å². The van der Waals surface area contributed by atoms with Gasteiger partial charge in [0.1, 0.15) is 29.6 Å². The van der Waals surface area contributed by atoms with Crippen molar-refractivity contribution in [3.05, 3.63) is 88.5 Å². The number of ether oxygens (including phenoxy) is 2. The number of rotatable bonds is 7. The molecule has 0 unspecified atom stereocenters. The Morgan fingerprint density at radius 3 is 2.50 bits per heavy atom. The highest BCUT2D eigenvalue weighted by Crippen LogP contribution is 2.26. The molecule has 0 aromatic heterocycles. The second-order valence-electron chi connectivity index (χ2n) is 7.03. The van der Waals surface area contributed by atoms with Crippen LogP contribution in [0.1, 0.15) is 32.6 Å². The molecular formula is C25H24O5. The number of ketones is 1. The first-order valence-electron chi connectivity index (χ1n) is 9.48. The van der Waals surface area contributed by atoms with Gasteiger partial charge in [-0.15, -0.1) is 0 Å². The van der Waals surface area contributed by atoms with Gasteiger partial charge in [-0.25, -0.2) is 0 Å². The van der Waals surface area contributed by atoms with Crippen LogP contribution in [-0.4, -0.2) is 23.1 Å². The molecule has 5 heteroatoms. The number of aryl methyl sites for hydroxylation is 2. The van der Waals surface area contributed by atoms with Crippen LogP contribution in [0, 0.1) is 13.8 Å². The van der Waals surface area contributed by atoms with E-state index in [2.05, 4.69) is 0 Å². The summed E-state index contributed by atoms with van der Waals surface area (Å²) in [7, 11) is 1.60. The summed E-state index contributed by atoms with van der Waals surface area (Å²) in [6.45, 7) is 4.33. The van der Waals surface area contributed by atoms with E-state index >= 15 is 0 Å². The van der Waals surface area contributed by atoms with E-state index in [1.807, 2.05) is 50.2 Å². The van der Waals surface area contributed by atoms with E-state index in [9.17, 15) is 15.0 Å². The first kappa shape index (κ1) is 21.0. The fraction of sp³-hybridized carbons (Fsp3) is 0.160.